The summed E-state index contributed by atoms with van der Waals surface area (Å²) in [5, 5.41) is 0. The van der Waals surface area contributed by atoms with Gasteiger partial charge in [-0.25, -0.2) is 15.0 Å². The van der Waals surface area contributed by atoms with Gasteiger partial charge in [-0.05, 0) is 37.6 Å². The highest BCUT2D eigenvalue weighted by atomic mass is 16.5. The van der Waals surface area contributed by atoms with Crippen molar-refractivity contribution >= 4 is 5.95 Å². The third kappa shape index (κ3) is 5.43. The van der Waals surface area contributed by atoms with Gasteiger partial charge < -0.3 is 19.1 Å². The Balaban J connectivity index is 1.25. The second kappa shape index (κ2) is 10.8. The zero-order valence-electron chi connectivity index (χ0n) is 19.5. The van der Waals surface area contributed by atoms with E-state index in [2.05, 4.69) is 19.8 Å². The Labute approximate surface area is 199 Å². The average molecular weight is 463 g/mol. The van der Waals surface area contributed by atoms with Gasteiger partial charge in [0, 0.05) is 44.5 Å². The number of methoxy groups -OCH3 is 1. The topological polar surface area (TPSA) is 85.7 Å². The summed E-state index contributed by atoms with van der Waals surface area (Å²) >= 11 is 0. The Kier molecular flexibility index (Phi) is 7.11. The molecule has 1 atom stereocenters. The second-order valence-corrected chi connectivity index (χ2v) is 8.56. The Morgan fingerprint density at radius 2 is 1.88 bits per heavy atom. The van der Waals surface area contributed by atoms with E-state index in [1.807, 2.05) is 42.7 Å². The minimum atomic E-state index is 0.294. The summed E-state index contributed by atoms with van der Waals surface area (Å²) in [7, 11) is 1.63. The standard InChI is InChI=1S/C25H30N6O3/c1-32-22-6-2-3-7-23(22)34-24-16-26-15-21(29-24)19-5-4-10-30(17-19)18-20-8-9-27-25(28-20)31-11-13-33-14-12-31/h2-3,6-9,15-16,19H,4-5,10-14,17-18H2,1H3/t19-/m0/s1. The van der Waals surface area contributed by atoms with E-state index in [9.17, 15) is 0 Å². The highest BCUT2D eigenvalue weighted by molar-refractivity contribution is 5.41. The predicted molar refractivity (Wildman–Crippen MR) is 127 cm³/mol. The van der Waals surface area contributed by atoms with Crippen LogP contribution in [-0.4, -0.2) is 71.3 Å². The number of nitrogens with zero attached hydrogens (tertiary/aromatic N) is 6. The number of rotatable bonds is 7. The lowest BCUT2D eigenvalue weighted by molar-refractivity contribution is 0.122. The maximum Gasteiger partial charge on any atom is 0.238 e. The highest BCUT2D eigenvalue weighted by Crippen LogP contribution is 2.31. The molecule has 2 aliphatic heterocycles. The Morgan fingerprint density at radius 1 is 1.03 bits per heavy atom. The molecule has 3 aromatic rings. The van der Waals surface area contributed by atoms with E-state index in [0.29, 0.717) is 23.3 Å². The molecule has 2 aliphatic rings. The Hall–Kier alpha value is -3.30. The number of morpholine rings is 1. The molecule has 5 rings (SSSR count). The van der Waals surface area contributed by atoms with Crippen molar-refractivity contribution in [1.29, 1.82) is 0 Å². The van der Waals surface area contributed by atoms with E-state index in [4.69, 9.17) is 24.2 Å². The maximum atomic E-state index is 5.98. The Morgan fingerprint density at radius 3 is 2.74 bits per heavy atom. The van der Waals surface area contributed by atoms with Gasteiger partial charge in [0.15, 0.2) is 11.5 Å². The average Bonchev–Trinajstić information content (AvgIpc) is 2.90. The van der Waals surface area contributed by atoms with E-state index < -0.39 is 0 Å². The number of aromatic nitrogens is 4. The summed E-state index contributed by atoms with van der Waals surface area (Å²) in [4.78, 5) is 23.1. The molecule has 1 aromatic carbocycles. The number of benzene rings is 1. The minimum Gasteiger partial charge on any atom is -0.493 e. The molecule has 0 aliphatic carbocycles. The van der Waals surface area contributed by atoms with Crippen LogP contribution in [0.5, 0.6) is 17.4 Å². The molecule has 2 aromatic heterocycles. The lowest BCUT2D eigenvalue weighted by Crippen LogP contribution is -2.38. The van der Waals surface area contributed by atoms with Crippen LogP contribution in [0.3, 0.4) is 0 Å². The van der Waals surface area contributed by atoms with Crippen LogP contribution in [0.15, 0.2) is 48.9 Å². The smallest absolute Gasteiger partial charge is 0.238 e. The van der Waals surface area contributed by atoms with Crippen LogP contribution in [0.1, 0.15) is 30.1 Å². The van der Waals surface area contributed by atoms with E-state index in [-0.39, 0.29) is 0 Å². The van der Waals surface area contributed by atoms with Gasteiger partial charge in [-0.2, -0.15) is 0 Å². The molecule has 2 fully saturated rings. The summed E-state index contributed by atoms with van der Waals surface area (Å²) in [6.45, 7) is 5.86. The molecule has 9 heteroatoms. The van der Waals surface area contributed by atoms with E-state index in [0.717, 1.165) is 76.1 Å². The van der Waals surface area contributed by atoms with Crippen LogP contribution in [-0.2, 0) is 11.3 Å². The number of para-hydroxylation sites is 2. The summed E-state index contributed by atoms with van der Waals surface area (Å²) in [5.74, 6) is 2.86. The number of anilines is 1. The van der Waals surface area contributed by atoms with Gasteiger partial charge in [-0.1, -0.05) is 12.1 Å². The van der Waals surface area contributed by atoms with Gasteiger partial charge in [0.1, 0.15) is 0 Å². The van der Waals surface area contributed by atoms with Gasteiger partial charge in [0.25, 0.3) is 0 Å². The molecule has 0 unspecified atom stereocenters. The molecule has 0 saturated carbocycles. The number of hydrogen-bond acceptors (Lipinski definition) is 9. The van der Waals surface area contributed by atoms with E-state index >= 15 is 0 Å². The third-order valence-electron chi connectivity index (χ3n) is 6.22. The summed E-state index contributed by atoms with van der Waals surface area (Å²) in [5.41, 5.74) is 1.99. The molecule has 4 heterocycles. The molecule has 0 spiro atoms. The summed E-state index contributed by atoms with van der Waals surface area (Å²) in [6, 6.07) is 9.55. The van der Waals surface area contributed by atoms with Crippen LogP contribution in [0.4, 0.5) is 5.95 Å². The van der Waals surface area contributed by atoms with Crippen molar-refractivity contribution in [2.75, 3.05) is 51.4 Å². The quantitative estimate of drug-likeness (QED) is 0.525. The normalized spacial score (nSPS) is 19.1. The van der Waals surface area contributed by atoms with Crippen molar-refractivity contribution in [2.45, 2.75) is 25.3 Å². The third-order valence-corrected chi connectivity index (χ3v) is 6.22. The van der Waals surface area contributed by atoms with Gasteiger partial charge in [-0.3, -0.25) is 9.88 Å². The van der Waals surface area contributed by atoms with Crippen LogP contribution < -0.4 is 14.4 Å². The van der Waals surface area contributed by atoms with Crippen molar-refractivity contribution < 1.29 is 14.2 Å². The van der Waals surface area contributed by atoms with Crippen molar-refractivity contribution in [1.82, 2.24) is 24.8 Å². The van der Waals surface area contributed by atoms with Crippen molar-refractivity contribution in [3.63, 3.8) is 0 Å². The Bertz CT molecular complexity index is 1090. The first-order valence-electron chi connectivity index (χ1n) is 11.8. The van der Waals surface area contributed by atoms with Gasteiger partial charge in [0.2, 0.25) is 11.8 Å². The maximum absolute atomic E-state index is 5.98. The molecule has 9 nitrogen and oxygen atoms in total. The van der Waals surface area contributed by atoms with Gasteiger partial charge in [-0.15, -0.1) is 0 Å². The fourth-order valence-corrected chi connectivity index (χ4v) is 4.48. The van der Waals surface area contributed by atoms with Crippen LogP contribution in [0.2, 0.25) is 0 Å². The molecule has 178 valence electrons. The largest absolute Gasteiger partial charge is 0.493 e. The van der Waals surface area contributed by atoms with Crippen molar-refractivity contribution in [2.24, 2.45) is 0 Å². The van der Waals surface area contributed by atoms with Crippen molar-refractivity contribution in [3.8, 4) is 17.4 Å². The molecular formula is C25H30N6O3. The summed E-state index contributed by atoms with van der Waals surface area (Å²) < 4.78 is 16.8. The fourth-order valence-electron chi connectivity index (χ4n) is 4.48. The van der Waals surface area contributed by atoms with E-state index in [1.54, 1.807) is 13.3 Å². The SMILES string of the molecule is COc1ccccc1Oc1cncc([C@H]2CCCN(Cc3ccnc(N4CCOCC4)n3)C2)n1. The van der Waals surface area contributed by atoms with Crippen LogP contribution in [0, 0.1) is 0 Å². The first-order chi connectivity index (χ1) is 16.8. The van der Waals surface area contributed by atoms with Gasteiger partial charge >= 0.3 is 0 Å². The molecule has 34 heavy (non-hydrogen) atoms. The predicted octanol–water partition coefficient (Wildman–Crippen LogP) is 3.28. The van der Waals surface area contributed by atoms with Gasteiger partial charge in [0.05, 0.1) is 37.9 Å². The fraction of sp³-hybridized carbons (Fsp3) is 0.440. The van der Waals surface area contributed by atoms with Crippen LogP contribution >= 0.6 is 0 Å². The first kappa shape index (κ1) is 22.5. The molecule has 0 amide bonds. The number of hydrogen-bond donors (Lipinski definition) is 0. The number of likely N-dealkylation sites (tertiary alicyclic amines) is 1. The van der Waals surface area contributed by atoms with E-state index in [1.165, 1.54) is 0 Å². The minimum absolute atomic E-state index is 0.294. The zero-order valence-corrected chi connectivity index (χ0v) is 19.5. The summed E-state index contributed by atoms with van der Waals surface area (Å²) in [6.07, 6.45) is 7.53. The zero-order chi connectivity index (χ0) is 23.2. The highest BCUT2D eigenvalue weighted by Gasteiger charge is 2.24. The molecule has 0 N–H and O–H groups in total. The lowest BCUT2D eigenvalue weighted by atomic mass is 9.95. The monoisotopic (exact) mass is 462 g/mol. The molecule has 2 saturated heterocycles. The van der Waals surface area contributed by atoms with Crippen LogP contribution in [0.25, 0.3) is 0 Å². The second-order valence-electron chi connectivity index (χ2n) is 8.56. The van der Waals surface area contributed by atoms with Crippen molar-refractivity contribution in [3.05, 3.63) is 60.3 Å². The molecular weight excluding hydrogens is 432 g/mol. The number of ether oxygens (including phenoxy) is 3. The molecule has 0 radical (unpaired) electrons. The number of piperidine rings is 1. The lowest BCUT2D eigenvalue weighted by Gasteiger charge is -2.32. The molecule has 0 bridgehead atoms. The first-order valence-corrected chi connectivity index (χ1v) is 11.8.